The van der Waals surface area contributed by atoms with Crippen molar-refractivity contribution in [2.45, 2.75) is 12.3 Å². The number of alkyl halides is 3. The number of rotatable bonds is 5. The molecule has 1 heterocycles. The Kier molecular flexibility index (Phi) is 4.48. The van der Waals surface area contributed by atoms with E-state index in [9.17, 15) is 23.3 Å². The molecular weight excluding hydrogens is 271 g/mol. The molecule has 1 unspecified atom stereocenters. The Hall–Kier alpha value is -2.10. The Labute approximate surface area is 105 Å². The summed E-state index contributed by atoms with van der Waals surface area (Å²) in [4.78, 5) is 13.5. The lowest BCUT2D eigenvalue weighted by Crippen LogP contribution is -2.35. The zero-order valence-electron chi connectivity index (χ0n) is 9.64. The average molecular weight is 281 g/mol. The molecule has 0 saturated carbocycles. The van der Waals surface area contributed by atoms with Crippen molar-refractivity contribution in [3.63, 3.8) is 0 Å². The maximum Gasteiger partial charge on any atom is 0.416 e. The number of hydrogen-bond donors (Lipinski definition) is 2. The first-order valence-corrected chi connectivity index (χ1v) is 4.93. The van der Waals surface area contributed by atoms with Gasteiger partial charge in [-0.15, -0.1) is 0 Å². The number of halogens is 3. The summed E-state index contributed by atoms with van der Waals surface area (Å²) in [6.45, 7) is -0.954. The van der Waals surface area contributed by atoms with Gasteiger partial charge in [0.2, 0.25) is 11.7 Å². The van der Waals surface area contributed by atoms with E-state index in [1.54, 1.807) is 0 Å². The van der Waals surface area contributed by atoms with Crippen molar-refractivity contribution in [3.8, 4) is 5.88 Å². The zero-order chi connectivity index (χ0) is 14.6. The Morgan fingerprint density at radius 3 is 2.68 bits per heavy atom. The number of anilines is 1. The molecule has 1 aromatic rings. The fourth-order valence-electron chi connectivity index (χ4n) is 1.13. The molecule has 1 atom stereocenters. The molecule has 106 valence electrons. The SMILES string of the molecule is COc1ccc([N+](=O)[O-])c(NCC(O)C(F)(F)F)n1. The number of methoxy groups -OCH3 is 1. The molecule has 0 aromatic carbocycles. The van der Waals surface area contributed by atoms with Crippen LogP contribution in [0.15, 0.2) is 12.1 Å². The van der Waals surface area contributed by atoms with Gasteiger partial charge in [0.15, 0.2) is 6.10 Å². The highest BCUT2D eigenvalue weighted by atomic mass is 19.4. The van der Waals surface area contributed by atoms with Gasteiger partial charge in [0.25, 0.3) is 0 Å². The van der Waals surface area contributed by atoms with Crippen LogP contribution in [0.4, 0.5) is 24.7 Å². The minimum absolute atomic E-state index is 0.00500. The van der Waals surface area contributed by atoms with Crippen molar-refractivity contribution < 1.29 is 27.9 Å². The largest absolute Gasteiger partial charge is 0.481 e. The van der Waals surface area contributed by atoms with E-state index in [2.05, 4.69) is 10.3 Å². The van der Waals surface area contributed by atoms with Crippen molar-refractivity contribution in [2.24, 2.45) is 0 Å². The number of nitrogens with zero attached hydrogens (tertiary/aromatic N) is 2. The molecule has 10 heteroatoms. The van der Waals surface area contributed by atoms with Crippen molar-refractivity contribution in [2.75, 3.05) is 19.0 Å². The second kappa shape index (κ2) is 5.69. The third kappa shape index (κ3) is 3.95. The van der Waals surface area contributed by atoms with Crippen molar-refractivity contribution in [1.29, 1.82) is 0 Å². The Morgan fingerprint density at radius 1 is 1.58 bits per heavy atom. The van der Waals surface area contributed by atoms with Gasteiger partial charge in [-0.3, -0.25) is 10.1 Å². The highest BCUT2D eigenvalue weighted by Crippen LogP contribution is 2.26. The molecule has 0 saturated heterocycles. The lowest BCUT2D eigenvalue weighted by atomic mass is 10.3. The number of pyridine rings is 1. The van der Waals surface area contributed by atoms with E-state index in [0.717, 1.165) is 6.07 Å². The van der Waals surface area contributed by atoms with Crippen LogP contribution in [0.2, 0.25) is 0 Å². The van der Waals surface area contributed by atoms with Gasteiger partial charge in [-0.05, 0) is 0 Å². The van der Waals surface area contributed by atoms with E-state index >= 15 is 0 Å². The Bertz CT molecular complexity index is 467. The molecule has 19 heavy (non-hydrogen) atoms. The monoisotopic (exact) mass is 281 g/mol. The maximum atomic E-state index is 12.1. The van der Waals surface area contributed by atoms with Crippen LogP contribution in [-0.4, -0.2) is 40.9 Å². The molecule has 0 spiro atoms. The predicted molar refractivity (Wildman–Crippen MR) is 58.0 cm³/mol. The fraction of sp³-hybridized carbons (Fsp3) is 0.444. The second-order valence-electron chi connectivity index (χ2n) is 3.42. The van der Waals surface area contributed by atoms with Gasteiger partial charge in [0, 0.05) is 12.1 Å². The van der Waals surface area contributed by atoms with E-state index in [-0.39, 0.29) is 5.88 Å². The molecule has 7 nitrogen and oxygen atoms in total. The third-order valence-corrected chi connectivity index (χ3v) is 2.09. The standard InChI is InChI=1S/C9H10F3N3O4/c1-19-7-3-2-5(15(17)18)8(14-7)13-4-6(16)9(10,11)12/h2-3,6,16H,4H2,1H3,(H,13,14). The lowest BCUT2D eigenvalue weighted by Gasteiger charge is -2.15. The fourth-order valence-corrected chi connectivity index (χ4v) is 1.13. The van der Waals surface area contributed by atoms with Gasteiger partial charge in [-0.25, -0.2) is 0 Å². The van der Waals surface area contributed by atoms with Crippen LogP contribution in [0.25, 0.3) is 0 Å². The summed E-state index contributed by atoms with van der Waals surface area (Å²) in [6.07, 6.45) is -7.47. The van der Waals surface area contributed by atoms with Crippen LogP contribution < -0.4 is 10.1 Å². The summed E-state index contributed by atoms with van der Waals surface area (Å²) in [5.74, 6) is -0.415. The van der Waals surface area contributed by atoms with Gasteiger partial charge in [-0.1, -0.05) is 0 Å². The van der Waals surface area contributed by atoms with Crippen LogP contribution in [0.3, 0.4) is 0 Å². The number of aliphatic hydroxyl groups is 1. The van der Waals surface area contributed by atoms with Crippen molar-refractivity contribution in [1.82, 2.24) is 4.98 Å². The third-order valence-electron chi connectivity index (χ3n) is 2.09. The average Bonchev–Trinajstić information content (AvgIpc) is 2.33. The minimum atomic E-state index is -4.82. The van der Waals surface area contributed by atoms with Gasteiger partial charge >= 0.3 is 11.9 Å². The summed E-state index contributed by atoms with van der Waals surface area (Å²) in [5.41, 5.74) is -0.518. The van der Waals surface area contributed by atoms with E-state index in [1.165, 1.54) is 13.2 Å². The molecule has 0 bridgehead atoms. The second-order valence-corrected chi connectivity index (χ2v) is 3.42. The number of nitrogens with one attached hydrogen (secondary N) is 1. The molecule has 1 aromatic heterocycles. The smallest absolute Gasteiger partial charge is 0.416 e. The summed E-state index contributed by atoms with van der Waals surface area (Å²) in [5, 5.41) is 21.5. The van der Waals surface area contributed by atoms with Gasteiger partial charge in [0.1, 0.15) is 0 Å². The lowest BCUT2D eigenvalue weighted by molar-refractivity contribution is -0.384. The molecule has 2 N–H and O–H groups in total. The van der Waals surface area contributed by atoms with Gasteiger partial charge in [-0.2, -0.15) is 18.2 Å². The summed E-state index contributed by atoms with van der Waals surface area (Å²) >= 11 is 0. The highest BCUT2D eigenvalue weighted by Gasteiger charge is 2.38. The predicted octanol–water partition coefficient (Wildman–Crippen LogP) is 1.33. The molecule has 0 aliphatic heterocycles. The van der Waals surface area contributed by atoms with Gasteiger partial charge in [0.05, 0.1) is 18.6 Å². The van der Waals surface area contributed by atoms with E-state index in [1.807, 2.05) is 0 Å². The first-order valence-electron chi connectivity index (χ1n) is 4.93. The first kappa shape index (κ1) is 15.0. The van der Waals surface area contributed by atoms with E-state index in [0.29, 0.717) is 0 Å². The maximum absolute atomic E-state index is 12.1. The van der Waals surface area contributed by atoms with Crippen molar-refractivity contribution >= 4 is 11.5 Å². The number of aliphatic hydroxyl groups excluding tert-OH is 1. The molecule has 0 aliphatic rings. The normalized spacial score (nSPS) is 12.9. The molecule has 0 aliphatic carbocycles. The van der Waals surface area contributed by atoms with Crippen LogP contribution in [0.5, 0.6) is 5.88 Å². The Balaban J connectivity index is 2.89. The number of nitro groups is 1. The Morgan fingerprint density at radius 2 is 2.21 bits per heavy atom. The minimum Gasteiger partial charge on any atom is -0.481 e. The molecule has 0 fully saturated rings. The van der Waals surface area contributed by atoms with E-state index in [4.69, 9.17) is 9.84 Å². The van der Waals surface area contributed by atoms with Crippen molar-refractivity contribution in [3.05, 3.63) is 22.2 Å². The van der Waals surface area contributed by atoms with Crippen LogP contribution >= 0.6 is 0 Å². The molecule has 0 amide bonds. The highest BCUT2D eigenvalue weighted by molar-refractivity contribution is 5.57. The van der Waals surface area contributed by atoms with Gasteiger partial charge < -0.3 is 15.2 Å². The topological polar surface area (TPSA) is 97.5 Å². The molecular formula is C9H10F3N3O4. The summed E-state index contributed by atoms with van der Waals surface area (Å²) in [6, 6.07) is 2.23. The number of aromatic nitrogens is 1. The molecule has 1 rings (SSSR count). The summed E-state index contributed by atoms with van der Waals surface area (Å²) in [7, 11) is 1.25. The number of hydrogen-bond acceptors (Lipinski definition) is 6. The van der Waals surface area contributed by atoms with E-state index < -0.39 is 35.3 Å². The number of ether oxygens (including phenoxy) is 1. The zero-order valence-corrected chi connectivity index (χ0v) is 9.64. The van der Waals surface area contributed by atoms with Crippen LogP contribution in [0, 0.1) is 10.1 Å². The first-order chi connectivity index (χ1) is 8.75. The quantitative estimate of drug-likeness (QED) is 0.624. The van der Waals surface area contributed by atoms with Crippen LogP contribution in [-0.2, 0) is 0 Å². The van der Waals surface area contributed by atoms with Crippen LogP contribution in [0.1, 0.15) is 0 Å². The molecule has 0 radical (unpaired) electrons. The summed E-state index contributed by atoms with van der Waals surface area (Å²) < 4.78 is 41.0.